The Morgan fingerprint density at radius 3 is 2.32 bits per heavy atom. The van der Waals surface area contributed by atoms with Gasteiger partial charge in [0.25, 0.3) is 0 Å². The molecule has 1 amide bonds. The van der Waals surface area contributed by atoms with Crippen molar-refractivity contribution >= 4 is 17.7 Å². The number of esters is 1. The summed E-state index contributed by atoms with van der Waals surface area (Å²) in [5, 5.41) is 2.88. The molecular weight excluding hydrogens is 392 g/mol. The van der Waals surface area contributed by atoms with Gasteiger partial charge in [-0.2, -0.15) is 0 Å². The van der Waals surface area contributed by atoms with Crippen molar-refractivity contribution in [3.63, 3.8) is 0 Å². The summed E-state index contributed by atoms with van der Waals surface area (Å²) in [6.07, 6.45) is -0.0594. The summed E-state index contributed by atoms with van der Waals surface area (Å²) in [6, 6.07) is 16.2. The number of benzene rings is 2. The number of amides is 1. The van der Waals surface area contributed by atoms with Crippen molar-refractivity contribution in [1.29, 1.82) is 0 Å². The summed E-state index contributed by atoms with van der Waals surface area (Å²) >= 11 is 0. The highest BCUT2D eigenvalue weighted by Crippen LogP contribution is 2.22. The number of aromatic nitrogens is 1. The number of Topliss-reactive ketones (excluding diaryl/α,β-unsaturated/α-hetero) is 1. The molecule has 3 rings (SSSR count). The van der Waals surface area contributed by atoms with Crippen molar-refractivity contribution in [3.05, 3.63) is 82.2 Å². The van der Waals surface area contributed by atoms with E-state index in [1.807, 2.05) is 30.3 Å². The summed E-state index contributed by atoms with van der Waals surface area (Å²) in [7, 11) is 1.27. The Balaban J connectivity index is 1.73. The molecule has 6 heteroatoms. The summed E-state index contributed by atoms with van der Waals surface area (Å²) in [5.74, 6) is -1.04. The second kappa shape index (κ2) is 9.43. The standard InChI is InChI=1S/C25H26N2O4/c1-15-7-5-9-19(11-15)20-10-6-8-18(12-20)14-26-22(29)13-21-23(25(30)31-4)16(2)24(27-21)17(3)28/h5-12,27H,13-14H2,1-4H3,(H,26,29). The van der Waals surface area contributed by atoms with Crippen LogP contribution in [0.1, 0.15) is 50.2 Å². The zero-order chi connectivity index (χ0) is 22.5. The largest absolute Gasteiger partial charge is 0.465 e. The molecule has 160 valence electrons. The molecule has 0 radical (unpaired) electrons. The quantitative estimate of drug-likeness (QED) is 0.446. The van der Waals surface area contributed by atoms with E-state index in [2.05, 4.69) is 35.4 Å². The molecule has 0 unspecified atom stereocenters. The van der Waals surface area contributed by atoms with Gasteiger partial charge >= 0.3 is 5.97 Å². The predicted octanol–water partition coefficient (Wildman–Crippen LogP) is 4.15. The minimum Gasteiger partial charge on any atom is -0.465 e. The van der Waals surface area contributed by atoms with Crippen LogP contribution in [-0.2, 0) is 22.5 Å². The van der Waals surface area contributed by atoms with E-state index in [0.717, 1.165) is 16.7 Å². The molecule has 0 fully saturated rings. The second-order valence-electron chi connectivity index (χ2n) is 7.55. The third-order valence-corrected chi connectivity index (χ3v) is 5.17. The summed E-state index contributed by atoms with van der Waals surface area (Å²) in [4.78, 5) is 39.5. The molecule has 6 nitrogen and oxygen atoms in total. The number of nitrogens with one attached hydrogen (secondary N) is 2. The fourth-order valence-electron chi connectivity index (χ4n) is 3.63. The van der Waals surface area contributed by atoms with Gasteiger partial charge in [-0.25, -0.2) is 4.79 Å². The van der Waals surface area contributed by atoms with E-state index in [1.165, 1.54) is 19.6 Å². The lowest BCUT2D eigenvalue weighted by atomic mass is 10.0. The molecule has 0 atom stereocenters. The molecular formula is C25H26N2O4. The zero-order valence-corrected chi connectivity index (χ0v) is 18.2. The van der Waals surface area contributed by atoms with Gasteiger partial charge in [0.1, 0.15) is 0 Å². The molecule has 0 saturated heterocycles. The van der Waals surface area contributed by atoms with Gasteiger partial charge in [-0.1, -0.05) is 48.0 Å². The number of hydrogen-bond acceptors (Lipinski definition) is 4. The van der Waals surface area contributed by atoms with E-state index < -0.39 is 5.97 Å². The van der Waals surface area contributed by atoms with Crippen LogP contribution in [0, 0.1) is 13.8 Å². The van der Waals surface area contributed by atoms with Crippen LogP contribution in [0.4, 0.5) is 0 Å². The summed E-state index contributed by atoms with van der Waals surface area (Å²) < 4.78 is 4.82. The third-order valence-electron chi connectivity index (χ3n) is 5.17. The maximum Gasteiger partial charge on any atom is 0.339 e. The monoisotopic (exact) mass is 418 g/mol. The van der Waals surface area contributed by atoms with Crippen LogP contribution in [0.2, 0.25) is 0 Å². The molecule has 0 aliphatic heterocycles. The molecule has 0 aliphatic carbocycles. The van der Waals surface area contributed by atoms with Gasteiger partial charge in [-0.3, -0.25) is 9.59 Å². The molecule has 0 saturated carbocycles. The van der Waals surface area contributed by atoms with E-state index in [9.17, 15) is 14.4 Å². The van der Waals surface area contributed by atoms with E-state index in [1.54, 1.807) is 6.92 Å². The van der Waals surface area contributed by atoms with Crippen molar-refractivity contribution in [2.45, 2.75) is 33.7 Å². The first kappa shape index (κ1) is 22.0. The van der Waals surface area contributed by atoms with Crippen molar-refractivity contribution in [2.75, 3.05) is 7.11 Å². The van der Waals surface area contributed by atoms with Gasteiger partial charge in [0, 0.05) is 19.2 Å². The summed E-state index contributed by atoms with van der Waals surface area (Å²) in [5.41, 5.74) is 5.77. The average molecular weight is 418 g/mol. The Hall–Kier alpha value is -3.67. The molecule has 0 bridgehead atoms. The first-order valence-corrected chi connectivity index (χ1v) is 10.0. The highest BCUT2D eigenvalue weighted by Gasteiger charge is 2.24. The maximum absolute atomic E-state index is 12.6. The smallest absolute Gasteiger partial charge is 0.339 e. The lowest BCUT2D eigenvalue weighted by Crippen LogP contribution is -2.25. The minimum atomic E-state index is -0.574. The number of ketones is 1. The average Bonchev–Trinajstić information content (AvgIpc) is 3.08. The van der Waals surface area contributed by atoms with Gasteiger partial charge in [0.2, 0.25) is 5.91 Å². The molecule has 0 spiro atoms. The molecule has 1 heterocycles. The van der Waals surface area contributed by atoms with Gasteiger partial charge in [-0.15, -0.1) is 0 Å². The minimum absolute atomic E-state index is 0.0594. The Bertz CT molecular complexity index is 1140. The molecule has 3 aromatic rings. The normalized spacial score (nSPS) is 10.6. The third kappa shape index (κ3) is 5.09. The number of aryl methyl sites for hydroxylation is 1. The van der Waals surface area contributed by atoms with Gasteiger partial charge in [0.05, 0.1) is 24.8 Å². The van der Waals surface area contributed by atoms with Crippen LogP contribution in [0.15, 0.2) is 48.5 Å². The number of hydrogen-bond donors (Lipinski definition) is 2. The van der Waals surface area contributed by atoms with E-state index in [0.29, 0.717) is 23.5 Å². The summed E-state index contributed by atoms with van der Waals surface area (Å²) in [6.45, 7) is 5.48. The van der Waals surface area contributed by atoms with Crippen LogP contribution < -0.4 is 5.32 Å². The SMILES string of the molecule is COC(=O)c1c(CC(=O)NCc2cccc(-c3cccc(C)c3)c2)[nH]c(C(C)=O)c1C. The number of carbonyl (C=O) groups is 3. The number of aromatic amines is 1. The fraction of sp³-hybridized carbons (Fsp3) is 0.240. The van der Waals surface area contributed by atoms with Gasteiger partial charge in [0.15, 0.2) is 5.78 Å². The molecule has 31 heavy (non-hydrogen) atoms. The number of rotatable bonds is 7. The van der Waals surface area contributed by atoms with Crippen LogP contribution in [0.25, 0.3) is 11.1 Å². The molecule has 2 aromatic carbocycles. The topological polar surface area (TPSA) is 88.3 Å². The zero-order valence-electron chi connectivity index (χ0n) is 18.2. The van der Waals surface area contributed by atoms with Crippen LogP contribution in [0.3, 0.4) is 0 Å². The van der Waals surface area contributed by atoms with Crippen molar-refractivity contribution in [1.82, 2.24) is 10.3 Å². The Morgan fingerprint density at radius 2 is 1.68 bits per heavy atom. The number of H-pyrrole nitrogens is 1. The first-order chi connectivity index (χ1) is 14.8. The second-order valence-corrected chi connectivity index (χ2v) is 7.55. The van der Waals surface area contributed by atoms with E-state index in [-0.39, 0.29) is 23.7 Å². The highest BCUT2D eigenvalue weighted by atomic mass is 16.5. The van der Waals surface area contributed by atoms with Crippen molar-refractivity contribution < 1.29 is 19.1 Å². The van der Waals surface area contributed by atoms with Crippen LogP contribution in [-0.4, -0.2) is 29.8 Å². The fourth-order valence-corrected chi connectivity index (χ4v) is 3.63. The van der Waals surface area contributed by atoms with E-state index >= 15 is 0 Å². The highest BCUT2D eigenvalue weighted by molar-refractivity contribution is 6.01. The number of ether oxygens (including phenoxy) is 1. The van der Waals surface area contributed by atoms with Crippen LogP contribution >= 0.6 is 0 Å². The van der Waals surface area contributed by atoms with Crippen molar-refractivity contribution in [2.24, 2.45) is 0 Å². The van der Waals surface area contributed by atoms with Crippen LogP contribution in [0.5, 0.6) is 0 Å². The lowest BCUT2D eigenvalue weighted by molar-refractivity contribution is -0.120. The number of methoxy groups -OCH3 is 1. The number of carbonyl (C=O) groups excluding carboxylic acids is 3. The van der Waals surface area contributed by atoms with Crippen molar-refractivity contribution in [3.8, 4) is 11.1 Å². The van der Waals surface area contributed by atoms with E-state index in [4.69, 9.17) is 4.74 Å². The predicted molar refractivity (Wildman–Crippen MR) is 119 cm³/mol. The Labute approximate surface area is 181 Å². The Kier molecular flexibility index (Phi) is 6.70. The first-order valence-electron chi connectivity index (χ1n) is 10.0. The molecule has 2 N–H and O–H groups in total. The maximum atomic E-state index is 12.6. The lowest BCUT2D eigenvalue weighted by Gasteiger charge is -2.09. The van der Waals surface area contributed by atoms with Gasteiger partial charge < -0.3 is 15.0 Å². The molecule has 1 aromatic heterocycles. The van der Waals surface area contributed by atoms with Gasteiger partial charge in [-0.05, 0) is 42.2 Å². The molecule has 0 aliphatic rings. The Morgan fingerprint density at radius 1 is 1.00 bits per heavy atom.